The Labute approximate surface area is 287 Å². The Hall–Kier alpha value is -4.91. The predicted molar refractivity (Wildman–Crippen MR) is 191 cm³/mol. The molecule has 49 heavy (non-hydrogen) atoms. The number of nitrogens with two attached hydrogens (primary N) is 1. The smallest absolute Gasteiger partial charge is 0.261 e. The first-order valence-corrected chi connectivity index (χ1v) is 17.6. The fourth-order valence-electron chi connectivity index (χ4n) is 5.77. The number of hydrogen-bond acceptors (Lipinski definition) is 8. The SMILES string of the molecule is C[C@H]1CN([C@@H](C)CO)C(=O)Cc2cc(NS(=O)(=O)c3ccccc3)ccc2O[C@H]1CN(C)Cc1ccc(C(=O)Nc2ccccc2N)cc1. The maximum Gasteiger partial charge on any atom is 0.261 e. The molecule has 2 amide bonds. The van der Waals surface area contributed by atoms with Gasteiger partial charge in [-0.1, -0.05) is 49.4 Å². The van der Waals surface area contributed by atoms with Crippen molar-refractivity contribution in [3.63, 3.8) is 0 Å². The molecule has 0 bridgehead atoms. The number of ether oxygens (including phenoxy) is 1. The van der Waals surface area contributed by atoms with E-state index in [1.54, 1.807) is 78.6 Å². The molecule has 0 spiro atoms. The van der Waals surface area contributed by atoms with Crippen LogP contribution in [0.1, 0.15) is 35.3 Å². The Kier molecular flexibility index (Phi) is 11.2. The van der Waals surface area contributed by atoms with Gasteiger partial charge in [-0.05, 0) is 74.1 Å². The largest absolute Gasteiger partial charge is 0.488 e. The highest BCUT2D eigenvalue weighted by Gasteiger charge is 2.31. The monoisotopic (exact) mass is 685 g/mol. The first kappa shape index (κ1) is 35.4. The number of nitrogens with one attached hydrogen (secondary N) is 2. The zero-order valence-corrected chi connectivity index (χ0v) is 28.7. The summed E-state index contributed by atoms with van der Waals surface area (Å²) < 4.78 is 35.3. The van der Waals surface area contributed by atoms with E-state index in [9.17, 15) is 23.1 Å². The van der Waals surface area contributed by atoms with Gasteiger partial charge in [-0.15, -0.1) is 0 Å². The van der Waals surface area contributed by atoms with Crippen molar-refractivity contribution in [1.82, 2.24) is 9.80 Å². The summed E-state index contributed by atoms with van der Waals surface area (Å²) in [4.78, 5) is 30.3. The normalized spacial score (nSPS) is 17.2. The Morgan fingerprint density at radius 2 is 1.73 bits per heavy atom. The van der Waals surface area contributed by atoms with Crippen LogP contribution in [0.3, 0.4) is 0 Å². The van der Waals surface area contributed by atoms with Crippen LogP contribution < -0.4 is 20.5 Å². The molecule has 1 aliphatic heterocycles. The van der Waals surface area contributed by atoms with Gasteiger partial charge in [0.25, 0.3) is 15.9 Å². The fourth-order valence-corrected chi connectivity index (χ4v) is 6.85. The molecule has 0 aromatic heterocycles. The highest BCUT2D eigenvalue weighted by atomic mass is 32.2. The van der Waals surface area contributed by atoms with Crippen LogP contribution in [0.2, 0.25) is 0 Å². The number of aliphatic hydroxyl groups excluding tert-OH is 1. The van der Waals surface area contributed by atoms with Crippen molar-refractivity contribution in [1.29, 1.82) is 0 Å². The number of benzene rings is 4. The van der Waals surface area contributed by atoms with E-state index in [1.807, 2.05) is 32.2 Å². The van der Waals surface area contributed by atoms with Crippen molar-refractivity contribution in [3.05, 3.63) is 114 Å². The lowest BCUT2D eigenvalue weighted by atomic mass is 10.0. The van der Waals surface area contributed by atoms with Crippen LogP contribution in [0.25, 0.3) is 0 Å². The van der Waals surface area contributed by atoms with Crippen LogP contribution in [-0.4, -0.2) is 74.0 Å². The number of likely N-dealkylation sites (N-methyl/N-ethyl adjacent to an activating group) is 1. The van der Waals surface area contributed by atoms with Crippen LogP contribution in [0.4, 0.5) is 17.1 Å². The summed E-state index contributed by atoms with van der Waals surface area (Å²) in [6.07, 6.45) is -0.372. The van der Waals surface area contributed by atoms with Crippen molar-refractivity contribution in [3.8, 4) is 5.75 Å². The van der Waals surface area contributed by atoms with Gasteiger partial charge in [0, 0.05) is 42.4 Å². The van der Waals surface area contributed by atoms with Crippen LogP contribution in [0.15, 0.2) is 102 Å². The summed E-state index contributed by atoms with van der Waals surface area (Å²) >= 11 is 0. The first-order valence-electron chi connectivity index (χ1n) is 16.1. The number of sulfonamides is 1. The lowest BCUT2D eigenvalue weighted by Gasteiger charge is -2.34. The fraction of sp³-hybridized carbons (Fsp3) is 0.297. The molecular weight excluding hydrogens is 643 g/mol. The molecule has 4 aromatic carbocycles. The van der Waals surface area contributed by atoms with Gasteiger partial charge in [0.2, 0.25) is 5.91 Å². The molecule has 0 aliphatic carbocycles. The van der Waals surface area contributed by atoms with Gasteiger partial charge in [0.05, 0.1) is 35.3 Å². The van der Waals surface area contributed by atoms with Crippen molar-refractivity contribution >= 4 is 38.9 Å². The maximum atomic E-state index is 13.6. The number of rotatable bonds is 11. The molecule has 5 N–H and O–H groups in total. The third-order valence-corrected chi connectivity index (χ3v) is 9.99. The predicted octanol–water partition coefficient (Wildman–Crippen LogP) is 4.60. The first-order chi connectivity index (χ1) is 23.4. The number of carbonyl (C=O) groups excluding carboxylic acids is 2. The molecule has 0 radical (unpaired) electrons. The highest BCUT2D eigenvalue weighted by Crippen LogP contribution is 2.30. The van der Waals surface area contributed by atoms with Gasteiger partial charge in [-0.25, -0.2) is 8.42 Å². The third kappa shape index (κ3) is 8.96. The molecule has 0 unspecified atom stereocenters. The van der Waals surface area contributed by atoms with Crippen LogP contribution in [0, 0.1) is 5.92 Å². The van der Waals surface area contributed by atoms with Crippen molar-refractivity contribution in [2.45, 2.75) is 43.9 Å². The van der Waals surface area contributed by atoms with Gasteiger partial charge >= 0.3 is 0 Å². The van der Waals surface area contributed by atoms with E-state index >= 15 is 0 Å². The topological polar surface area (TPSA) is 154 Å². The molecule has 1 aliphatic rings. The highest BCUT2D eigenvalue weighted by molar-refractivity contribution is 7.92. The molecule has 0 saturated heterocycles. The maximum absolute atomic E-state index is 13.6. The van der Waals surface area contributed by atoms with E-state index < -0.39 is 16.1 Å². The lowest BCUT2D eigenvalue weighted by Crippen LogP contribution is -2.47. The second-order valence-corrected chi connectivity index (χ2v) is 14.2. The van der Waals surface area contributed by atoms with Gasteiger partial charge in [-0.3, -0.25) is 19.2 Å². The summed E-state index contributed by atoms with van der Waals surface area (Å²) in [7, 11) is -1.87. The van der Waals surface area contributed by atoms with E-state index in [-0.39, 0.29) is 41.8 Å². The minimum absolute atomic E-state index is 0.0212. The lowest BCUT2D eigenvalue weighted by molar-refractivity contribution is -0.134. The Morgan fingerprint density at radius 1 is 1.04 bits per heavy atom. The standard InChI is InChI=1S/C37H43N5O6S/c1-25-21-42(26(2)24-43)36(44)20-29-19-30(40-49(46,47)31-9-5-4-6-10-31)17-18-34(29)48-35(25)23-41(3)22-27-13-15-28(16-14-27)37(45)39-33-12-8-7-11-32(33)38/h4-19,25-26,35,40,43H,20-24,38H2,1-3H3,(H,39,45)/t25-,26-,35-/m0/s1. The van der Waals surface area contributed by atoms with E-state index in [0.29, 0.717) is 53.6 Å². The molecule has 3 atom stereocenters. The summed E-state index contributed by atoms with van der Waals surface area (Å²) in [6.45, 7) is 5.07. The number of para-hydroxylation sites is 2. The molecule has 5 rings (SSSR count). The number of aliphatic hydroxyl groups is 1. The molecule has 11 nitrogen and oxygen atoms in total. The summed E-state index contributed by atoms with van der Waals surface area (Å²) in [5, 5.41) is 12.8. The Bertz CT molecular complexity index is 1870. The molecule has 4 aromatic rings. The molecule has 0 saturated carbocycles. The van der Waals surface area contributed by atoms with Gasteiger partial charge in [0.1, 0.15) is 11.9 Å². The number of hydrogen-bond donors (Lipinski definition) is 4. The number of amides is 2. The second-order valence-electron chi connectivity index (χ2n) is 12.6. The second kappa shape index (κ2) is 15.5. The van der Waals surface area contributed by atoms with Crippen LogP contribution in [0.5, 0.6) is 5.75 Å². The van der Waals surface area contributed by atoms with Crippen molar-refractivity contribution < 1.29 is 27.9 Å². The summed E-state index contributed by atoms with van der Waals surface area (Å²) in [6, 6.07) is 27.1. The minimum Gasteiger partial charge on any atom is -0.488 e. The Morgan fingerprint density at radius 3 is 2.43 bits per heavy atom. The van der Waals surface area contributed by atoms with Gasteiger partial charge < -0.3 is 25.8 Å². The van der Waals surface area contributed by atoms with E-state index in [0.717, 1.165) is 5.56 Å². The molecular formula is C37H43N5O6S. The number of nitrogens with zero attached hydrogens (tertiary/aromatic N) is 2. The van der Waals surface area contributed by atoms with Gasteiger partial charge in [-0.2, -0.15) is 0 Å². The Balaban J connectivity index is 1.32. The van der Waals surface area contributed by atoms with Crippen molar-refractivity contribution in [2.75, 3.05) is 42.5 Å². The number of carbonyl (C=O) groups is 2. The average molecular weight is 686 g/mol. The molecule has 12 heteroatoms. The van der Waals surface area contributed by atoms with E-state index in [1.165, 1.54) is 12.1 Å². The summed E-state index contributed by atoms with van der Waals surface area (Å²) in [5.41, 5.74) is 9.37. The summed E-state index contributed by atoms with van der Waals surface area (Å²) in [5.74, 6) is -0.0563. The van der Waals surface area contributed by atoms with Crippen molar-refractivity contribution in [2.24, 2.45) is 5.92 Å². The number of fused-ring (bicyclic) bond motifs is 1. The number of nitrogen functional groups attached to an aromatic ring is 1. The molecule has 258 valence electrons. The van der Waals surface area contributed by atoms with E-state index in [4.69, 9.17) is 10.5 Å². The zero-order valence-electron chi connectivity index (χ0n) is 27.9. The third-order valence-electron chi connectivity index (χ3n) is 8.59. The van der Waals surface area contributed by atoms with Crippen LogP contribution in [-0.2, 0) is 27.8 Å². The van der Waals surface area contributed by atoms with E-state index in [2.05, 4.69) is 14.9 Å². The molecule has 1 heterocycles. The minimum atomic E-state index is -3.85. The quantitative estimate of drug-likeness (QED) is 0.167. The zero-order chi connectivity index (χ0) is 35.1. The van der Waals surface area contributed by atoms with Gasteiger partial charge in [0.15, 0.2) is 0 Å². The molecule has 0 fully saturated rings. The van der Waals surface area contributed by atoms with Crippen LogP contribution >= 0.6 is 0 Å². The average Bonchev–Trinajstić information content (AvgIpc) is 3.13. The number of anilines is 3.